The zero-order valence-corrected chi connectivity index (χ0v) is 12.8. The smallest absolute Gasteiger partial charge is 0.241 e. The molecule has 0 aromatic heterocycles. The van der Waals surface area contributed by atoms with Gasteiger partial charge >= 0.3 is 0 Å². The van der Waals surface area contributed by atoms with Crippen LogP contribution in [0.2, 0.25) is 0 Å². The first-order valence-corrected chi connectivity index (χ1v) is 9.39. The van der Waals surface area contributed by atoms with E-state index in [4.69, 9.17) is 0 Å². The summed E-state index contributed by atoms with van der Waals surface area (Å²) < 4.78 is 49.6. The van der Waals surface area contributed by atoms with Crippen molar-refractivity contribution in [3.05, 3.63) is 29.3 Å². The fourth-order valence-electron chi connectivity index (χ4n) is 2.31. The number of rotatable bonds is 3. The summed E-state index contributed by atoms with van der Waals surface area (Å²) in [5.74, 6) is -0.786. The van der Waals surface area contributed by atoms with Crippen molar-refractivity contribution in [3.8, 4) is 0 Å². The van der Waals surface area contributed by atoms with Crippen molar-refractivity contribution in [3.63, 3.8) is 0 Å². The van der Waals surface area contributed by atoms with Gasteiger partial charge in [-0.1, -0.05) is 17.7 Å². The van der Waals surface area contributed by atoms with Gasteiger partial charge in [-0.25, -0.2) is 21.6 Å². The largest absolute Gasteiger partial charge is 0.390 e. The highest BCUT2D eigenvalue weighted by molar-refractivity contribution is 7.92. The molecule has 2 rings (SSSR count). The Hall–Kier alpha value is -0.960. The Morgan fingerprint density at radius 2 is 1.90 bits per heavy atom. The summed E-state index contributed by atoms with van der Waals surface area (Å²) >= 11 is 0. The second kappa shape index (κ2) is 5.10. The normalized spacial score (nSPS) is 25.8. The average Bonchev–Trinajstić information content (AvgIpc) is 2.50. The molecule has 0 spiro atoms. The number of aliphatic hydroxyl groups is 1. The maximum atomic E-state index is 12.3. The van der Waals surface area contributed by atoms with Crippen molar-refractivity contribution in [2.75, 3.05) is 11.5 Å². The minimum absolute atomic E-state index is 0.0968. The van der Waals surface area contributed by atoms with Gasteiger partial charge in [-0.05, 0) is 25.5 Å². The van der Waals surface area contributed by atoms with Crippen molar-refractivity contribution >= 4 is 19.9 Å². The van der Waals surface area contributed by atoms with Gasteiger partial charge in [-0.3, -0.25) is 0 Å². The lowest BCUT2D eigenvalue weighted by atomic mass is 10.2. The predicted octanol–water partition coefficient (Wildman–Crippen LogP) is -0.260. The summed E-state index contributed by atoms with van der Waals surface area (Å²) in [4.78, 5) is 0.0968. The van der Waals surface area contributed by atoms with E-state index in [-0.39, 0.29) is 10.6 Å². The van der Waals surface area contributed by atoms with E-state index >= 15 is 0 Å². The highest BCUT2D eigenvalue weighted by Gasteiger charge is 2.39. The molecule has 1 heterocycles. The van der Waals surface area contributed by atoms with Gasteiger partial charge in [0.1, 0.15) is 0 Å². The summed E-state index contributed by atoms with van der Waals surface area (Å²) in [6, 6.07) is 3.88. The van der Waals surface area contributed by atoms with Crippen LogP contribution in [0.15, 0.2) is 23.1 Å². The van der Waals surface area contributed by atoms with Crippen LogP contribution in [0.5, 0.6) is 0 Å². The van der Waals surface area contributed by atoms with Crippen LogP contribution < -0.4 is 4.72 Å². The van der Waals surface area contributed by atoms with Gasteiger partial charge in [0.25, 0.3) is 0 Å². The first-order chi connectivity index (χ1) is 9.11. The van der Waals surface area contributed by atoms with E-state index < -0.39 is 37.8 Å². The number of benzene rings is 1. The lowest BCUT2D eigenvalue weighted by molar-refractivity contribution is 0.176. The predicted molar refractivity (Wildman–Crippen MR) is 74.7 cm³/mol. The molecule has 0 saturated carbocycles. The van der Waals surface area contributed by atoms with Crippen LogP contribution in [-0.4, -0.2) is 45.6 Å². The molecule has 0 bridgehead atoms. The van der Waals surface area contributed by atoms with Gasteiger partial charge in [-0.2, -0.15) is 0 Å². The van der Waals surface area contributed by atoms with Gasteiger partial charge in [-0.15, -0.1) is 0 Å². The van der Waals surface area contributed by atoms with E-state index in [0.717, 1.165) is 5.56 Å². The summed E-state index contributed by atoms with van der Waals surface area (Å²) in [7, 11) is -7.24. The summed E-state index contributed by atoms with van der Waals surface area (Å²) in [6.45, 7) is 3.52. The van der Waals surface area contributed by atoms with Crippen molar-refractivity contribution in [1.29, 1.82) is 0 Å². The van der Waals surface area contributed by atoms with E-state index in [9.17, 15) is 21.9 Å². The molecule has 1 aliphatic heterocycles. The molecular formula is C12H17NO5S2. The van der Waals surface area contributed by atoms with Crippen molar-refractivity contribution < 1.29 is 21.9 Å². The van der Waals surface area contributed by atoms with E-state index in [2.05, 4.69) is 4.72 Å². The van der Waals surface area contributed by atoms with Crippen LogP contribution in [0.1, 0.15) is 11.1 Å². The molecule has 20 heavy (non-hydrogen) atoms. The molecule has 6 nitrogen and oxygen atoms in total. The molecule has 112 valence electrons. The van der Waals surface area contributed by atoms with Crippen LogP contribution in [0.4, 0.5) is 0 Å². The third-order valence-electron chi connectivity index (χ3n) is 3.25. The Bertz CT molecular complexity index is 724. The van der Waals surface area contributed by atoms with E-state index in [1.54, 1.807) is 19.1 Å². The number of sulfone groups is 1. The number of hydrogen-bond acceptors (Lipinski definition) is 5. The lowest BCUT2D eigenvalue weighted by Gasteiger charge is -2.16. The monoisotopic (exact) mass is 319 g/mol. The fourth-order valence-corrected chi connectivity index (χ4v) is 5.65. The number of aliphatic hydroxyl groups excluding tert-OH is 1. The molecule has 0 aliphatic carbocycles. The van der Waals surface area contributed by atoms with Gasteiger partial charge in [0, 0.05) is 0 Å². The number of hydrogen-bond donors (Lipinski definition) is 2. The van der Waals surface area contributed by atoms with E-state index in [1.165, 1.54) is 6.07 Å². The Labute approximate surface area is 118 Å². The molecule has 0 radical (unpaired) electrons. The molecule has 8 heteroatoms. The lowest BCUT2D eigenvalue weighted by Crippen LogP contribution is -2.42. The van der Waals surface area contributed by atoms with Crippen molar-refractivity contribution in [1.82, 2.24) is 4.72 Å². The highest BCUT2D eigenvalue weighted by Crippen LogP contribution is 2.19. The molecule has 2 atom stereocenters. The quantitative estimate of drug-likeness (QED) is 0.799. The third-order valence-corrected chi connectivity index (χ3v) is 6.62. The van der Waals surface area contributed by atoms with Gasteiger partial charge < -0.3 is 5.11 Å². The molecule has 0 amide bonds. The maximum absolute atomic E-state index is 12.3. The van der Waals surface area contributed by atoms with Crippen molar-refractivity contribution in [2.45, 2.75) is 30.9 Å². The topological polar surface area (TPSA) is 101 Å². The van der Waals surface area contributed by atoms with Gasteiger partial charge in [0.05, 0.1) is 28.5 Å². The molecule has 1 aromatic carbocycles. The molecular weight excluding hydrogens is 302 g/mol. The second-order valence-electron chi connectivity index (χ2n) is 5.14. The first kappa shape index (κ1) is 15.4. The summed E-state index contributed by atoms with van der Waals surface area (Å²) in [6.07, 6.45) is -1.21. The Morgan fingerprint density at radius 1 is 1.25 bits per heavy atom. The number of aryl methyl sites for hydroxylation is 2. The highest BCUT2D eigenvalue weighted by atomic mass is 32.2. The minimum Gasteiger partial charge on any atom is -0.390 e. The second-order valence-corrected chi connectivity index (χ2v) is 8.98. The number of nitrogens with one attached hydrogen (secondary N) is 1. The Balaban J connectivity index is 2.28. The summed E-state index contributed by atoms with van der Waals surface area (Å²) in [5.41, 5.74) is 1.51. The molecule has 0 unspecified atom stereocenters. The number of sulfonamides is 1. The zero-order valence-electron chi connectivity index (χ0n) is 11.2. The first-order valence-electron chi connectivity index (χ1n) is 6.09. The van der Waals surface area contributed by atoms with Crippen LogP contribution in [0.3, 0.4) is 0 Å². The minimum atomic E-state index is -3.85. The van der Waals surface area contributed by atoms with Gasteiger partial charge in [0.15, 0.2) is 9.84 Å². The maximum Gasteiger partial charge on any atom is 0.241 e. The summed E-state index contributed by atoms with van der Waals surface area (Å²) in [5, 5.41) is 9.64. The fraction of sp³-hybridized carbons (Fsp3) is 0.500. The molecule has 1 aliphatic rings. The molecule has 1 aromatic rings. The van der Waals surface area contributed by atoms with Crippen LogP contribution >= 0.6 is 0 Å². The Morgan fingerprint density at radius 3 is 2.40 bits per heavy atom. The standard InChI is InChI=1S/C12H17NO5S2/c1-8-3-4-12(9(2)5-8)20(17,18)13-10-6-19(15,16)7-11(10)14/h3-5,10-11,13-14H,6-7H2,1-2H3/t10-,11+/m1/s1. The van der Waals surface area contributed by atoms with E-state index in [1.807, 2.05) is 6.92 Å². The van der Waals surface area contributed by atoms with Crippen LogP contribution in [0.25, 0.3) is 0 Å². The van der Waals surface area contributed by atoms with Crippen LogP contribution in [-0.2, 0) is 19.9 Å². The van der Waals surface area contributed by atoms with Gasteiger partial charge in [0.2, 0.25) is 10.0 Å². The van der Waals surface area contributed by atoms with Crippen molar-refractivity contribution in [2.24, 2.45) is 0 Å². The third kappa shape index (κ3) is 3.20. The molecule has 1 fully saturated rings. The zero-order chi connectivity index (χ0) is 15.1. The average molecular weight is 319 g/mol. The molecule has 1 saturated heterocycles. The SMILES string of the molecule is Cc1ccc(S(=O)(=O)N[C@@H]2CS(=O)(=O)C[C@@H]2O)c(C)c1. The Kier molecular flexibility index (Phi) is 3.94. The van der Waals surface area contributed by atoms with Crippen LogP contribution in [0, 0.1) is 13.8 Å². The van der Waals surface area contributed by atoms with E-state index in [0.29, 0.717) is 5.56 Å². The molecule has 2 N–H and O–H groups in total.